The minimum atomic E-state index is 0.347. The molecule has 1 rings (SSSR count). The summed E-state index contributed by atoms with van der Waals surface area (Å²) in [5.41, 5.74) is 0. The molecular weight excluding hydrogens is 480 g/mol. The molecule has 0 aliphatic rings. The summed E-state index contributed by atoms with van der Waals surface area (Å²) >= 11 is 0. The first kappa shape index (κ1) is 38.0. The van der Waals surface area contributed by atoms with Crippen molar-refractivity contribution in [3.63, 3.8) is 0 Å². The molecule has 0 aliphatic carbocycles. The number of aromatic nitrogens is 1. The summed E-state index contributed by atoms with van der Waals surface area (Å²) in [6.07, 6.45) is 36.8. The average molecular weight is 550 g/mol. The van der Waals surface area contributed by atoms with Gasteiger partial charge in [-0.25, -0.2) is 4.57 Å². The van der Waals surface area contributed by atoms with Gasteiger partial charge in [0.1, 0.15) is 6.54 Å². The van der Waals surface area contributed by atoms with Crippen molar-refractivity contribution in [2.75, 3.05) is 19.7 Å². The number of pyridine rings is 1. The minimum Gasteiger partial charge on any atom is -0.396 e. The maximum atomic E-state index is 9.22. The summed E-state index contributed by atoms with van der Waals surface area (Å²) in [4.78, 5) is 0. The van der Waals surface area contributed by atoms with Crippen molar-refractivity contribution in [2.24, 2.45) is 0 Å². The fourth-order valence-electron chi connectivity index (χ4n) is 5.05. The Bertz CT molecular complexity index is 555. The molecule has 0 amide bonds. The molecule has 39 heavy (non-hydrogen) atoms. The zero-order valence-electron chi connectivity index (χ0n) is 26.5. The molecule has 0 unspecified atom stereocenters. The summed E-state index contributed by atoms with van der Waals surface area (Å²) in [5, 5.41) is 19.2. The Morgan fingerprint density at radius 1 is 0.487 bits per heavy atom. The van der Waals surface area contributed by atoms with Crippen LogP contribution < -0.4 is 4.57 Å². The van der Waals surface area contributed by atoms with Gasteiger partial charge in [-0.3, -0.25) is 0 Å². The predicted molar refractivity (Wildman–Crippen MR) is 169 cm³/mol. The summed E-state index contributed by atoms with van der Waals surface area (Å²) < 4.78 is 2.29. The van der Waals surface area contributed by atoms with E-state index in [9.17, 15) is 5.21 Å². The lowest BCUT2D eigenvalue weighted by molar-refractivity contribution is -0.697. The van der Waals surface area contributed by atoms with Crippen molar-refractivity contribution in [3.05, 3.63) is 30.6 Å². The first-order valence-corrected chi connectivity index (χ1v) is 17.2. The van der Waals surface area contributed by atoms with E-state index in [0.29, 0.717) is 6.61 Å². The third-order valence-corrected chi connectivity index (χ3v) is 7.74. The van der Waals surface area contributed by atoms with Crippen LogP contribution >= 0.6 is 0 Å². The Kier molecular flexibility index (Phi) is 32.4. The molecule has 0 atom stereocenters. The number of hydroxylamine groups is 2. The van der Waals surface area contributed by atoms with Crippen LogP contribution in [0, 0.1) is 0 Å². The van der Waals surface area contributed by atoms with Gasteiger partial charge in [0.05, 0.1) is 0 Å². The van der Waals surface area contributed by atoms with E-state index in [1.165, 1.54) is 153 Å². The molecule has 0 bridgehead atoms. The van der Waals surface area contributed by atoms with Gasteiger partial charge in [0.25, 0.3) is 0 Å². The fourth-order valence-corrected chi connectivity index (χ4v) is 5.05. The molecule has 0 radical (unpaired) electrons. The number of nitrogens with zero attached hydrogens (tertiary/aromatic N) is 2. The minimum absolute atomic E-state index is 0.347. The van der Waals surface area contributed by atoms with Crippen molar-refractivity contribution in [1.82, 2.24) is 5.06 Å². The maximum Gasteiger partial charge on any atom is 0.168 e. The molecule has 0 aliphatic heterocycles. The lowest BCUT2D eigenvalue weighted by Gasteiger charge is -2.10. The highest BCUT2D eigenvalue weighted by Gasteiger charge is 1.99. The number of aryl methyl sites for hydroxylation is 1. The van der Waals surface area contributed by atoms with Crippen LogP contribution in [-0.4, -0.2) is 35.1 Å². The van der Waals surface area contributed by atoms with E-state index in [4.69, 9.17) is 5.11 Å². The number of hydrogen-bond acceptors (Lipinski definition) is 3. The quantitative estimate of drug-likeness (QED) is 0.0621. The largest absolute Gasteiger partial charge is 0.396 e. The van der Waals surface area contributed by atoms with Crippen LogP contribution in [0.25, 0.3) is 0 Å². The second kappa shape index (κ2) is 33.2. The molecule has 230 valence electrons. The third kappa shape index (κ3) is 31.4. The summed E-state index contributed by atoms with van der Waals surface area (Å²) in [6, 6.07) is 6.31. The van der Waals surface area contributed by atoms with Gasteiger partial charge >= 0.3 is 0 Å². The molecule has 1 aromatic rings. The zero-order chi connectivity index (χ0) is 28.5. The van der Waals surface area contributed by atoms with Gasteiger partial charge in [0.2, 0.25) is 0 Å². The molecule has 0 saturated heterocycles. The molecule has 0 saturated carbocycles. The summed E-state index contributed by atoms with van der Waals surface area (Å²) in [6.45, 7) is 7.33. The molecule has 0 fully saturated rings. The molecule has 1 heterocycles. The van der Waals surface area contributed by atoms with Gasteiger partial charge < -0.3 is 10.3 Å². The Morgan fingerprint density at radius 3 is 1.28 bits per heavy atom. The van der Waals surface area contributed by atoms with Gasteiger partial charge in [0, 0.05) is 38.2 Å². The van der Waals surface area contributed by atoms with Crippen LogP contribution in [0.1, 0.15) is 168 Å². The smallest absolute Gasteiger partial charge is 0.168 e. The third-order valence-electron chi connectivity index (χ3n) is 7.74. The standard InChI is InChI=1S/C21H38N.C14H31NO2/c1-2-3-4-5-6-7-8-9-10-11-12-13-14-16-19-22-20-17-15-18-21-22;1-2-15(17)13-11-9-7-5-3-4-6-8-10-12-14-16/h15,17-18,20-21H,2-14,16,19H2,1H3;16-17H,2-14H2,1H3/q+1;. The van der Waals surface area contributed by atoms with E-state index in [1.54, 1.807) is 0 Å². The highest BCUT2D eigenvalue weighted by molar-refractivity contribution is 4.83. The fraction of sp³-hybridized carbons (Fsp3) is 0.857. The van der Waals surface area contributed by atoms with E-state index >= 15 is 0 Å². The average Bonchev–Trinajstić information content (AvgIpc) is 2.97. The zero-order valence-corrected chi connectivity index (χ0v) is 26.5. The molecule has 0 aromatic carbocycles. The van der Waals surface area contributed by atoms with Gasteiger partial charge in [-0.15, -0.1) is 0 Å². The number of hydrogen-bond donors (Lipinski definition) is 2. The summed E-state index contributed by atoms with van der Waals surface area (Å²) in [5.74, 6) is 0. The SMILES string of the molecule is CCCCCCCCCCCCCCCC[n+]1ccccc1.CCN(O)CCCCCCCCCCCCO. The second-order valence-electron chi connectivity index (χ2n) is 11.5. The van der Waals surface area contributed by atoms with E-state index in [1.807, 2.05) is 6.92 Å². The number of rotatable bonds is 28. The van der Waals surface area contributed by atoms with Crippen molar-refractivity contribution < 1.29 is 14.9 Å². The predicted octanol–water partition coefficient (Wildman–Crippen LogP) is 10.0. The Balaban J connectivity index is 0.000000768. The lowest BCUT2D eigenvalue weighted by Crippen LogP contribution is -2.32. The molecule has 2 N–H and O–H groups in total. The molecule has 0 spiro atoms. The van der Waals surface area contributed by atoms with Gasteiger partial charge in [-0.05, 0) is 19.3 Å². The van der Waals surface area contributed by atoms with Crippen LogP contribution in [0.2, 0.25) is 0 Å². The number of aliphatic hydroxyl groups excluding tert-OH is 1. The Morgan fingerprint density at radius 2 is 0.872 bits per heavy atom. The van der Waals surface area contributed by atoms with E-state index in [2.05, 4.69) is 42.1 Å². The number of aliphatic hydroxyl groups is 1. The lowest BCUT2D eigenvalue weighted by atomic mass is 10.0. The topological polar surface area (TPSA) is 47.6 Å². The second-order valence-corrected chi connectivity index (χ2v) is 11.5. The number of unbranched alkanes of at least 4 members (excludes halogenated alkanes) is 22. The Labute approximate surface area is 244 Å². The molecule has 1 aromatic heterocycles. The van der Waals surface area contributed by atoms with Crippen molar-refractivity contribution in [3.8, 4) is 0 Å². The maximum absolute atomic E-state index is 9.22. The Hall–Kier alpha value is -0.970. The van der Waals surface area contributed by atoms with E-state index in [-0.39, 0.29) is 0 Å². The van der Waals surface area contributed by atoms with Crippen molar-refractivity contribution in [2.45, 2.75) is 174 Å². The monoisotopic (exact) mass is 550 g/mol. The highest BCUT2D eigenvalue weighted by Crippen LogP contribution is 2.13. The van der Waals surface area contributed by atoms with Crippen molar-refractivity contribution in [1.29, 1.82) is 0 Å². The van der Waals surface area contributed by atoms with Crippen LogP contribution in [0.3, 0.4) is 0 Å². The van der Waals surface area contributed by atoms with Crippen LogP contribution in [0.4, 0.5) is 0 Å². The van der Waals surface area contributed by atoms with E-state index < -0.39 is 0 Å². The van der Waals surface area contributed by atoms with Gasteiger partial charge in [0.15, 0.2) is 12.4 Å². The first-order valence-electron chi connectivity index (χ1n) is 17.2. The van der Waals surface area contributed by atoms with Crippen LogP contribution in [-0.2, 0) is 6.54 Å². The molecular formula is C35H69N2O2+. The van der Waals surface area contributed by atoms with Crippen LogP contribution in [0.15, 0.2) is 30.6 Å². The van der Waals surface area contributed by atoms with Crippen molar-refractivity contribution >= 4 is 0 Å². The normalized spacial score (nSPS) is 11.1. The highest BCUT2D eigenvalue weighted by atomic mass is 16.5. The first-order chi connectivity index (χ1) is 19.2. The van der Waals surface area contributed by atoms with Crippen LogP contribution in [0.5, 0.6) is 0 Å². The molecule has 4 nitrogen and oxygen atoms in total. The summed E-state index contributed by atoms with van der Waals surface area (Å²) in [7, 11) is 0. The van der Waals surface area contributed by atoms with E-state index in [0.717, 1.165) is 25.9 Å². The van der Waals surface area contributed by atoms with Gasteiger partial charge in [-0.1, -0.05) is 148 Å². The van der Waals surface area contributed by atoms with Gasteiger partial charge in [-0.2, -0.15) is 5.06 Å². The molecule has 4 heteroatoms.